The van der Waals surface area contributed by atoms with E-state index in [9.17, 15) is 0 Å². The lowest BCUT2D eigenvalue weighted by Gasteiger charge is -2.12. The first-order valence-corrected chi connectivity index (χ1v) is 17.8. The second-order valence-corrected chi connectivity index (χ2v) is 13.9. The van der Waals surface area contributed by atoms with Crippen LogP contribution < -0.4 is 0 Å². The molecule has 0 amide bonds. The van der Waals surface area contributed by atoms with Crippen LogP contribution in [0.5, 0.6) is 0 Å². The minimum Gasteiger partial charge on any atom is -0.308 e. The summed E-state index contributed by atoms with van der Waals surface area (Å²) in [6.07, 6.45) is 0. The van der Waals surface area contributed by atoms with E-state index in [1.54, 1.807) is 0 Å². The minimum atomic E-state index is 1.22. The summed E-state index contributed by atoms with van der Waals surface area (Å²) in [5, 5.41) is 5.31. The molecule has 0 saturated carbocycles. The van der Waals surface area contributed by atoms with E-state index in [4.69, 9.17) is 0 Å². The summed E-state index contributed by atoms with van der Waals surface area (Å²) in [5.74, 6) is 0. The van der Waals surface area contributed by atoms with Crippen molar-refractivity contribution in [1.29, 1.82) is 0 Å². The second-order valence-electron chi connectivity index (χ2n) is 13.9. The lowest BCUT2D eigenvalue weighted by atomic mass is 9.93. The van der Waals surface area contributed by atoms with Crippen LogP contribution in [-0.2, 0) is 0 Å². The Kier molecular flexibility index (Phi) is 6.69. The molecule has 0 unspecified atom stereocenters. The van der Waals surface area contributed by atoms with E-state index in [1.165, 1.54) is 105 Å². The second kappa shape index (κ2) is 11.6. The van der Waals surface area contributed by atoms with Gasteiger partial charge in [0.15, 0.2) is 0 Å². The number of benzene rings is 8. The molecule has 240 valence electrons. The van der Waals surface area contributed by atoms with Gasteiger partial charge in [-0.2, -0.15) is 0 Å². The SMILES string of the molecule is Cc1cc2c3ccccc3n3c4ccc(-c5ccc(-c6cccc(-c7cccc(-c8ccc(-c9ccccc9)cc8)c7)c6)cc5C)cc4c(c1)c23. The molecule has 0 bridgehead atoms. The summed E-state index contributed by atoms with van der Waals surface area (Å²) < 4.78 is 2.46. The molecule has 0 radical (unpaired) electrons. The molecule has 0 saturated heterocycles. The molecule has 2 aromatic heterocycles. The Bertz CT molecular complexity index is 2910. The average molecular weight is 650 g/mol. The largest absolute Gasteiger partial charge is 0.308 e. The quantitative estimate of drug-likeness (QED) is 0.175. The van der Waals surface area contributed by atoms with E-state index in [1.807, 2.05) is 0 Å². The predicted octanol–water partition coefficient (Wildman–Crippen LogP) is 13.8. The normalized spacial score (nSPS) is 11.7. The Morgan fingerprint density at radius 3 is 1.49 bits per heavy atom. The number of fused-ring (bicyclic) bond motifs is 6. The van der Waals surface area contributed by atoms with E-state index >= 15 is 0 Å². The highest BCUT2D eigenvalue weighted by atomic mass is 14.9. The molecular weight excluding hydrogens is 615 g/mol. The number of nitrogens with zero attached hydrogens (tertiary/aromatic N) is 1. The third kappa shape index (κ3) is 4.85. The Balaban J connectivity index is 0.979. The van der Waals surface area contributed by atoms with Gasteiger partial charge in [0.05, 0.1) is 16.6 Å². The van der Waals surface area contributed by atoms with Crippen LogP contribution in [0.2, 0.25) is 0 Å². The molecule has 0 aliphatic carbocycles. The van der Waals surface area contributed by atoms with Crippen molar-refractivity contribution in [2.24, 2.45) is 0 Å². The maximum absolute atomic E-state index is 2.46. The van der Waals surface area contributed by atoms with Crippen molar-refractivity contribution in [2.45, 2.75) is 13.8 Å². The van der Waals surface area contributed by atoms with Gasteiger partial charge in [-0.1, -0.05) is 133 Å². The van der Waals surface area contributed by atoms with Gasteiger partial charge in [-0.3, -0.25) is 0 Å². The van der Waals surface area contributed by atoms with Crippen molar-refractivity contribution in [3.63, 3.8) is 0 Å². The van der Waals surface area contributed by atoms with E-state index in [2.05, 4.69) is 194 Å². The van der Waals surface area contributed by atoms with Gasteiger partial charge in [-0.25, -0.2) is 0 Å². The van der Waals surface area contributed by atoms with Crippen molar-refractivity contribution in [2.75, 3.05) is 0 Å². The topological polar surface area (TPSA) is 4.41 Å². The maximum Gasteiger partial charge on any atom is 0.0620 e. The first-order chi connectivity index (χ1) is 25.1. The molecule has 0 aliphatic heterocycles. The summed E-state index contributed by atoms with van der Waals surface area (Å²) in [6.45, 7) is 4.45. The fraction of sp³-hybridized carbons (Fsp3) is 0.0400. The van der Waals surface area contributed by atoms with Crippen LogP contribution in [0.3, 0.4) is 0 Å². The van der Waals surface area contributed by atoms with E-state index < -0.39 is 0 Å². The monoisotopic (exact) mass is 649 g/mol. The first kappa shape index (κ1) is 29.5. The zero-order chi connectivity index (χ0) is 34.1. The van der Waals surface area contributed by atoms with Crippen LogP contribution in [0, 0.1) is 13.8 Å². The van der Waals surface area contributed by atoms with Gasteiger partial charge >= 0.3 is 0 Å². The summed E-state index contributed by atoms with van der Waals surface area (Å²) in [7, 11) is 0. The van der Waals surface area contributed by atoms with Crippen LogP contribution >= 0.6 is 0 Å². The number of aromatic nitrogens is 1. The zero-order valence-electron chi connectivity index (χ0n) is 28.7. The lowest BCUT2D eigenvalue weighted by Crippen LogP contribution is -1.88. The van der Waals surface area contributed by atoms with Crippen molar-refractivity contribution in [3.8, 4) is 55.6 Å². The molecule has 0 N–H and O–H groups in total. The summed E-state index contributed by atoms with van der Waals surface area (Å²) >= 11 is 0. The molecule has 0 atom stereocenters. The Morgan fingerprint density at radius 1 is 0.314 bits per heavy atom. The van der Waals surface area contributed by atoms with E-state index in [0.29, 0.717) is 0 Å². The fourth-order valence-corrected chi connectivity index (χ4v) is 8.22. The van der Waals surface area contributed by atoms with Gasteiger partial charge < -0.3 is 4.40 Å². The summed E-state index contributed by atoms with van der Waals surface area (Å²) in [5.41, 5.74) is 18.8. The summed E-state index contributed by atoms with van der Waals surface area (Å²) in [4.78, 5) is 0. The van der Waals surface area contributed by atoms with Gasteiger partial charge in [-0.15, -0.1) is 0 Å². The van der Waals surface area contributed by atoms with Crippen LogP contribution in [0.4, 0.5) is 0 Å². The molecule has 1 nitrogen and oxygen atoms in total. The van der Waals surface area contributed by atoms with Crippen LogP contribution in [-0.4, -0.2) is 4.40 Å². The lowest BCUT2D eigenvalue weighted by molar-refractivity contribution is 1.37. The molecule has 51 heavy (non-hydrogen) atoms. The Labute approximate surface area is 298 Å². The van der Waals surface area contributed by atoms with Crippen molar-refractivity contribution in [3.05, 3.63) is 187 Å². The van der Waals surface area contributed by atoms with Crippen molar-refractivity contribution >= 4 is 38.1 Å². The average Bonchev–Trinajstić information content (AvgIpc) is 3.69. The Hall–Kier alpha value is -6.44. The van der Waals surface area contributed by atoms with Crippen LogP contribution in [0.1, 0.15) is 11.1 Å². The third-order valence-electron chi connectivity index (χ3n) is 10.7. The Morgan fingerprint density at radius 2 is 0.804 bits per heavy atom. The zero-order valence-corrected chi connectivity index (χ0v) is 28.7. The van der Waals surface area contributed by atoms with Gasteiger partial charge in [0, 0.05) is 21.5 Å². The standard InChI is InChI=1S/C50H35N/c1-32-26-46-44-16-6-7-17-48(44)51-49-25-23-42(31-45(49)47(27-32)50(46)51)43-24-22-41(28-33(43)2)40-15-9-14-39(30-40)38-13-8-12-37(29-38)36-20-18-35(19-21-36)34-10-4-3-5-11-34/h3-31H,1-2H3. The van der Waals surface area contributed by atoms with E-state index in [0.717, 1.165) is 0 Å². The molecule has 2 heterocycles. The first-order valence-electron chi connectivity index (χ1n) is 17.8. The van der Waals surface area contributed by atoms with Gasteiger partial charge in [0.2, 0.25) is 0 Å². The number of rotatable bonds is 5. The highest BCUT2D eigenvalue weighted by Gasteiger charge is 2.18. The molecule has 10 rings (SSSR count). The third-order valence-corrected chi connectivity index (χ3v) is 10.7. The fourth-order valence-electron chi connectivity index (χ4n) is 8.22. The van der Waals surface area contributed by atoms with E-state index in [-0.39, 0.29) is 0 Å². The number of aryl methyl sites for hydroxylation is 2. The smallest absolute Gasteiger partial charge is 0.0620 e. The van der Waals surface area contributed by atoms with Gasteiger partial charge in [0.25, 0.3) is 0 Å². The van der Waals surface area contributed by atoms with Crippen LogP contribution in [0.25, 0.3) is 93.7 Å². The molecule has 10 aromatic rings. The number of hydrogen-bond donors (Lipinski definition) is 0. The molecular formula is C50H35N. The van der Waals surface area contributed by atoms with Gasteiger partial charge in [0.1, 0.15) is 0 Å². The molecule has 0 aliphatic rings. The molecule has 1 heteroatoms. The van der Waals surface area contributed by atoms with Crippen LogP contribution in [0.15, 0.2) is 176 Å². The molecule has 0 fully saturated rings. The number of para-hydroxylation sites is 1. The maximum atomic E-state index is 2.46. The number of hydrogen-bond acceptors (Lipinski definition) is 0. The highest BCUT2D eigenvalue weighted by molar-refractivity contribution is 6.23. The predicted molar refractivity (Wildman–Crippen MR) is 218 cm³/mol. The van der Waals surface area contributed by atoms with Gasteiger partial charge in [-0.05, 0) is 123 Å². The minimum absolute atomic E-state index is 1.22. The molecule has 8 aromatic carbocycles. The highest BCUT2D eigenvalue weighted by Crippen LogP contribution is 2.41. The van der Waals surface area contributed by atoms with Crippen molar-refractivity contribution < 1.29 is 0 Å². The summed E-state index contributed by atoms with van der Waals surface area (Å²) in [6, 6.07) is 64.7. The van der Waals surface area contributed by atoms with Crippen molar-refractivity contribution in [1.82, 2.24) is 4.40 Å². The molecule has 0 spiro atoms.